The van der Waals surface area contributed by atoms with Gasteiger partial charge < -0.3 is 10.1 Å². The van der Waals surface area contributed by atoms with Gasteiger partial charge in [0.1, 0.15) is 5.56 Å². The minimum Gasteiger partial charge on any atom is -0.494 e. The van der Waals surface area contributed by atoms with Gasteiger partial charge in [-0.1, -0.05) is 11.6 Å². The molecule has 5 nitrogen and oxygen atoms in total. The van der Waals surface area contributed by atoms with Crippen LogP contribution in [0, 0.1) is 4.77 Å². The van der Waals surface area contributed by atoms with Crippen molar-refractivity contribution in [1.82, 2.24) is 9.97 Å². The molecule has 0 saturated carbocycles. The zero-order chi connectivity index (χ0) is 16.5. The number of rotatable bonds is 2. The number of aromatic hydroxyl groups is 1. The molecule has 2 rings (SSSR count). The summed E-state index contributed by atoms with van der Waals surface area (Å²) >= 11 is 10.4. The molecule has 1 aromatic carbocycles. The van der Waals surface area contributed by atoms with Crippen molar-refractivity contribution < 1.29 is 18.3 Å². The molecule has 116 valence electrons. The summed E-state index contributed by atoms with van der Waals surface area (Å²) in [4.78, 5) is 19.8. The molecule has 0 aliphatic carbocycles. The smallest absolute Gasteiger partial charge is 0.416 e. The van der Waals surface area contributed by atoms with Crippen molar-refractivity contribution in [2.45, 2.75) is 6.18 Å². The molecule has 10 heteroatoms. The predicted octanol–water partition coefficient (Wildman–Crippen LogP) is 3.56. The van der Waals surface area contributed by atoms with Crippen LogP contribution in [0.1, 0.15) is 11.1 Å². The van der Waals surface area contributed by atoms with Crippen molar-refractivity contribution in [2.75, 3.05) is 0 Å². The standard InChI is InChI=1S/C12H7ClF3N3O2S/c13-7-2-1-5(12(14,15)16)3-8(7)17-4-6-9(20)18-11(22)19-10(6)21/h1-4H,(H3,18,19,20,21,22). The van der Waals surface area contributed by atoms with E-state index < -0.39 is 23.2 Å². The summed E-state index contributed by atoms with van der Waals surface area (Å²) in [6.45, 7) is 0. The van der Waals surface area contributed by atoms with Gasteiger partial charge in [0.25, 0.3) is 5.56 Å². The second-order valence-corrected chi connectivity index (χ2v) is 4.91. The Morgan fingerprint density at radius 3 is 2.59 bits per heavy atom. The number of aromatic amines is 2. The number of halogens is 4. The SMILES string of the molecule is O=c1[nH]c(=S)[nH]c(O)c1C=Nc1cc(C(F)(F)F)ccc1Cl. The van der Waals surface area contributed by atoms with E-state index in [4.69, 9.17) is 11.6 Å². The molecule has 0 saturated heterocycles. The number of benzene rings is 1. The molecular formula is C12H7ClF3N3O2S. The first-order valence-electron chi connectivity index (χ1n) is 5.65. The van der Waals surface area contributed by atoms with Gasteiger partial charge in [-0.3, -0.25) is 14.8 Å². The predicted molar refractivity (Wildman–Crippen MR) is 77.6 cm³/mol. The zero-order valence-corrected chi connectivity index (χ0v) is 12.1. The van der Waals surface area contributed by atoms with Crippen LogP contribution in [0.4, 0.5) is 18.9 Å². The first-order chi connectivity index (χ1) is 10.2. The number of aromatic nitrogens is 2. The molecule has 0 amide bonds. The van der Waals surface area contributed by atoms with Crippen molar-refractivity contribution in [1.29, 1.82) is 0 Å². The molecule has 0 radical (unpaired) electrons. The number of hydrogen-bond donors (Lipinski definition) is 3. The zero-order valence-electron chi connectivity index (χ0n) is 10.5. The van der Waals surface area contributed by atoms with E-state index in [-0.39, 0.29) is 21.0 Å². The molecule has 0 unspecified atom stereocenters. The highest BCUT2D eigenvalue weighted by atomic mass is 35.5. The Kier molecular flexibility index (Phi) is 4.38. The van der Waals surface area contributed by atoms with E-state index in [1.165, 1.54) is 0 Å². The number of nitrogens with one attached hydrogen (secondary N) is 2. The fourth-order valence-corrected chi connectivity index (χ4v) is 1.88. The minimum atomic E-state index is -4.55. The van der Waals surface area contributed by atoms with Gasteiger partial charge >= 0.3 is 6.18 Å². The lowest BCUT2D eigenvalue weighted by Crippen LogP contribution is -2.13. The third kappa shape index (κ3) is 3.55. The fraction of sp³-hybridized carbons (Fsp3) is 0.0833. The number of alkyl halides is 3. The maximum Gasteiger partial charge on any atom is 0.416 e. The Balaban J connectivity index is 2.47. The molecule has 1 heterocycles. The summed E-state index contributed by atoms with van der Waals surface area (Å²) in [5.41, 5.74) is -2.16. The third-order valence-electron chi connectivity index (χ3n) is 2.56. The Hall–Kier alpha value is -2.13. The Bertz CT molecular complexity index is 858. The topological polar surface area (TPSA) is 81.2 Å². The van der Waals surface area contributed by atoms with E-state index in [0.717, 1.165) is 24.4 Å². The number of aliphatic imine (C=N–C) groups is 1. The third-order valence-corrected chi connectivity index (χ3v) is 3.09. The van der Waals surface area contributed by atoms with Gasteiger partial charge in [0.15, 0.2) is 4.77 Å². The van der Waals surface area contributed by atoms with Gasteiger partial charge in [0.05, 0.1) is 16.3 Å². The largest absolute Gasteiger partial charge is 0.494 e. The molecule has 0 aliphatic rings. The summed E-state index contributed by atoms with van der Waals surface area (Å²) in [5, 5.41) is 9.52. The van der Waals surface area contributed by atoms with E-state index in [2.05, 4.69) is 27.2 Å². The summed E-state index contributed by atoms with van der Waals surface area (Å²) in [6.07, 6.45) is -3.66. The van der Waals surface area contributed by atoms with Crippen LogP contribution in [0.25, 0.3) is 0 Å². The summed E-state index contributed by atoms with van der Waals surface area (Å²) in [7, 11) is 0. The van der Waals surface area contributed by atoms with Crippen LogP contribution >= 0.6 is 23.8 Å². The fourth-order valence-electron chi connectivity index (χ4n) is 1.53. The average molecular weight is 350 g/mol. The number of H-pyrrole nitrogens is 2. The van der Waals surface area contributed by atoms with Crippen LogP contribution < -0.4 is 5.56 Å². The lowest BCUT2D eigenvalue weighted by atomic mass is 10.2. The molecule has 1 aromatic heterocycles. The molecular weight excluding hydrogens is 343 g/mol. The van der Waals surface area contributed by atoms with Gasteiger partial charge in [-0.15, -0.1) is 0 Å². The van der Waals surface area contributed by atoms with Crippen molar-refractivity contribution in [3.05, 3.63) is 49.5 Å². The molecule has 0 spiro atoms. The molecule has 3 N–H and O–H groups in total. The van der Waals surface area contributed by atoms with Crippen molar-refractivity contribution in [3.8, 4) is 5.88 Å². The van der Waals surface area contributed by atoms with E-state index in [1.54, 1.807) is 0 Å². The quantitative estimate of drug-likeness (QED) is 0.572. The first kappa shape index (κ1) is 16.2. The maximum absolute atomic E-state index is 12.6. The van der Waals surface area contributed by atoms with Gasteiger partial charge in [-0.25, -0.2) is 0 Å². The van der Waals surface area contributed by atoms with Crippen LogP contribution in [0.2, 0.25) is 5.02 Å². The van der Waals surface area contributed by atoms with E-state index in [1.807, 2.05) is 0 Å². The molecule has 2 aromatic rings. The Morgan fingerprint density at radius 1 is 1.32 bits per heavy atom. The van der Waals surface area contributed by atoms with Crippen LogP contribution in [-0.4, -0.2) is 21.3 Å². The molecule has 0 aliphatic heterocycles. The van der Waals surface area contributed by atoms with Crippen molar-refractivity contribution in [2.24, 2.45) is 4.99 Å². The Morgan fingerprint density at radius 2 is 2.00 bits per heavy atom. The second kappa shape index (κ2) is 5.93. The highest BCUT2D eigenvalue weighted by Gasteiger charge is 2.30. The number of hydrogen-bond acceptors (Lipinski definition) is 4. The van der Waals surface area contributed by atoms with Gasteiger partial charge in [-0.05, 0) is 30.4 Å². The van der Waals surface area contributed by atoms with Gasteiger partial charge in [-0.2, -0.15) is 13.2 Å². The van der Waals surface area contributed by atoms with Crippen molar-refractivity contribution >= 4 is 35.7 Å². The van der Waals surface area contributed by atoms with E-state index >= 15 is 0 Å². The second-order valence-electron chi connectivity index (χ2n) is 4.09. The summed E-state index contributed by atoms with van der Waals surface area (Å²) in [5.74, 6) is -0.555. The normalized spacial score (nSPS) is 12.0. The van der Waals surface area contributed by atoms with E-state index in [9.17, 15) is 23.1 Å². The lowest BCUT2D eigenvalue weighted by Gasteiger charge is -2.07. The minimum absolute atomic E-state index is 0.0379. The maximum atomic E-state index is 12.6. The molecule has 0 bridgehead atoms. The van der Waals surface area contributed by atoms with Crippen molar-refractivity contribution in [3.63, 3.8) is 0 Å². The van der Waals surface area contributed by atoms with E-state index in [0.29, 0.717) is 0 Å². The molecule has 0 fully saturated rings. The van der Waals surface area contributed by atoms with Gasteiger partial charge in [0, 0.05) is 6.21 Å². The molecule has 22 heavy (non-hydrogen) atoms. The highest BCUT2D eigenvalue weighted by molar-refractivity contribution is 7.71. The summed E-state index contributed by atoms with van der Waals surface area (Å²) < 4.78 is 37.8. The van der Waals surface area contributed by atoms with Crippen LogP contribution in [-0.2, 0) is 6.18 Å². The lowest BCUT2D eigenvalue weighted by molar-refractivity contribution is -0.137. The van der Waals surface area contributed by atoms with Crippen LogP contribution in [0.5, 0.6) is 5.88 Å². The monoisotopic (exact) mass is 349 g/mol. The van der Waals surface area contributed by atoms with Crippen LogP contribution in [0.15, 0.2) is 28.0 Å². The molecule has 0 atom stereocenters. The number of nitrogens with zero attached hydrogens (tertiary/aromatic N) is 1. The Labute approximate surface area is 131 Å². The first-order valence-corrected chi connectivity index (χ1v) is 6.43. The summed E-state index contributed by atoms with van der Waals surface area (Å²) in [6, 6.07) is 2.58. The van der Waals surface area contributed by atoms with Crippen LogP contribution in [0.3, 0.4) is 0 Å². The highest BCUT2D eigenvalue weighted by Crippen LogP contribution is 2.34. The van der Waals surface area contributed by atoms with Gasteiger partial charge in [0.2, 0.25) is 5.88 Å². The average Bonchev–Trinajstić information content (AvgIpc) is 2.38.